The van der Waals surface area contributed by atoms with Crippen LogP contribution in [0.3, 0.4) is 0 Å². The predicted molar refractivity (Wildman–Crippen MR) is 58.7 cm³/mol. The topological polar surface area (TPSA) is 42.2 Å². The minimum atomic E-state index is -0.705. The van der Waals surface area contributed by atoms with Gasteiger partial charge in [0.1, 0.15) is 0 Å². The van der Waals surface area contributed by atoms with E-state index in [1.54, 1.807) is 19.3 Å². The second-order valence-corrected chi connectivity index (χ2v) is 4.46. The van der Waals surface area contributed by atoms with Crippen molar-refractivity contribution < 1.29 is 5.11 Å². The maximum atomic E-state index is 11.2. The van der Waals surface area contributed by atoms with Gasteiger partial charge < -0.3 is 9.67 Å². The van der Waals surface area contributed by atoms with E-state index in [-0.39, 0.29) is 5.56 Å². The van der Waals surface area contributed by atoms with Crippen molar-refractivity contribution in [2.24, 2.45) is 7.05 Å². The average molecular weight is 207 g/mol. The average Bonchev–Trinajstić information content (AvgIpc) is 2.23. The van der Waals surface area contributed by atoms with Gasteiger partial charge in [-0.15, -0.1) is 0 Å². The highest BCUT2D eigenvalue weighted by atomic mass is 16.3. The summed E-state index contributed by atoms with van der Waals surface area (Å²) in [5.74, 6) is 0. The maximum absolute atomic E-state index is 11.2. The first-order chi connectivity index (χ1) is 7.12. The fraction of sp³-hybridized carbons (Fsp3) is 0.583. The third-order valence-corrected chi connectivity index (χ3v) is 3.30. The lowest BCUT2D eigenvalue weighted by molar-refractivity contribution is -0.00121. The molecular weight excluding hydrogens is 190 g/mol. The number of aryl methyl sites for hydroxylation is 1. The van der Waals surface area contributed by atoms with Gasteiger partial charge in [0, 0.05) is 24.9 Å². The minimum absolute atomic E-state index is 0.0295. The first-order valence-corrected chi connectivity index (χ1v) is 5.51. The van der Waals surface area contributed by atoms with Gasteiger partial charge in [0.15, 0.2) is 0 Å². The lowest BCUT2D eigenvalue weighted by Gasteiger charge is -2.32. The van der Waals surface area contributed by atoms with E-state index in [2.05, 4.69) is 0 Å². The molecule has 0 bridgehead atoms. The Labute approximate surface area is 89.4 Å². The lowest BCUT2D eigenvalue weighted by atomic mass is 9.80. The smallest absolute Gasteiger partial charge is 0.250 e. The second-order valence-electron chi connectivity index (χ2n) is 4.46. The summed E-state index contributed by atoms with van der Waals surface area (Å²) in [5.41, 5.74) is 0.145. The Hall–Kier alpha value is -1.09. The summed E-state index contributed by atoms with van der Waals surface area (Å²) in [5, 5.41) is 10.4. The van der Waals surface area contributed by atoms with Crippen LogP contribution in [-0.4, -0.2) is 9.67 Å². The number of hydrogen-bond acceptors (Lipinski definition) is 2. The largest absolute Gasteiger partial charge is 0.385 e. The molecule has 1 fully saturated rings. The zero-order valence-corrected chi connectivity index (χ0v) is 9.07. The van der Waals surface area contributed by atoms with E-state index in [9.17, 15) is 9.90 Å². The molecule has 1 saturated carbocycles. The number of pyridine rings is 1. The van der Waals surface area contributed by atoms with Crippen molar-refractivity contribution in [3.05, 3.63) is 34.2 Å². The SMILES string of the molecule is Cn1cc(C2(O)CCCCC2)ccc1=O. The van der Waals surface area contributed by atoms with Crippen LogP contribution in [-0.2, 0) is 12.6 Å². The summed E-state index contributed by atoms with van der Waals surface area (Å²) in [6, 6.07) is 3.29. The summed E-state index contributed by atoms with van der Waals surface area (Å²) in [6.07, 6.45) is 6.72. The summed E-state index contributed by atoms with van der Waals surface area (Å²) < 4.78 is 1.53. The zero-order chi connectivity index (χ0) is 10.9. The Morgan fingerprint density at radius 3 is 2.53 bits per heavy atom. The summed E-state index contributed by atoms with van der Waals surface area (Å²) >= 11 is 0. The van der Waals surface area contributed by atoms with Crippen molar-refractivity contribution in [2.45, 2.75) is 37.7 Å². The fourth-order valence-corrected chi connectivity index (χ4v) is 2.29. The van der Waals surface area contributed by atoms with Gasteiger partial charge in [-0.25, -0.2) is 0 Å². The Morgan fingerprint density at radius 2 is 1.93 bits per heavy atom. The van der Waals surface area contributed by atoms with Crippen molar-refractivity contribution in [3.8, 4) is 0 Å². The Kier molecular flexibility index (Phi) is 2.65. The molecule has 3 heteroatoms. The van der Waals surface area contributed by atoms with Crippen LogP contribution in [0.15, 0.2) is 23.1 Å². The van der Waals surface area contributed by atoms with E-state index in [4.69, 9.17) is 0 Å². The highest BCUT2D eigenvalue weighted by Crippen LogP contribution is 2.36. The number of rotatable bonds is 1. The van der Waals surface area contributed by atoms with E-state index < -0.39 is 5.60 Å². The Balaban J connectivity index is 2.35. The molecule has 1 aromatic heterocycles. The van der Waals surface area contributed by atoms with Crippen LogP contribution < -0.4 is 5.56 Å². The standard InChI is InChI=1S/C12H17NO2/c1-13-9-10(5-6-11(13)14)12(15)7-3-2-4-8-12/h5-6,9,15H,2-4,7-8H2,1H3. The second kappa shape index (κ2) is 3.81. The molecule has 1 heterocycles. The normalized spacial score (nSPS) is 20.1. The first kappa shape index (κ1) is 10.4. The van der Waals surface area contributed by atoms with Crippen molar-refractivity contribution in [3.63, 3.8) is 0 Å². The molecule has 0 aromatic carbocycles. The summed E-state index contributed by atoms with van der Waals surface area (Å²) in [6.45, 7) is 0. The van der Waals surface area contributed by atoms with Crippen molar-refractivity contribution >= 4 is 0 Å². The molecule has 82 valence electrons. The molecule has 0 radical (unpaired) electrons. The minimum Gasteiger partial charge on any atom is -0.385 e. The van der Waals surface area contributed by atoms with Gasteiger partial charge in [-0.05, 0) is 18.9 Å². The molecule has 1 aromatic rings. The highest BCUT2D eigenvalue weighted by molar-refractivity contribution is 5.19. The van der Waals surface area contributed by atoms with Crippen molar-refractivity contribution in [2.75, 3.05) is 0 Å². The van der Waals surface area contributed by atoms with Crippen LogP contribution >= 0.6 is 0 Å². The van der Waals surface area contributed by atoms with Crippen LogP contribution in [0.4, 0.5) is 0 Å². The van der Waals surface area contributed by atoms with Crippen LogP contribution in [0.2, 0.25) is 0 Å². The van der Waals surface area contributed by atoms with E-state index >= 15 is 0 Å². The zero-order valence-electron chi connectivity index (χ0n) is 9.07. The molecular formula is C12H17NO2. The van der Waals surface area contributed by atoms with Gasteiger partial charge in [-0.1, -0.05) is 19.3 Å². The number of aliphatic hydroxyl groups is 1. The van der Waals surface area contributed by atoms with E-state index in [0.717, 1.165) is 31.2 Å². The third-order valence-electron chi connectivity index (χ3n) is 3.30. The molecule has 0 aliphatic heterocycles. The number of aromatic nitrogens is 1. The third kappa shape index (κ3) is 1.97. The molecule has 0 atom stereocenters. The number of nitrogens with zero attached hydrogens (tertiary/aromatic N) is 1. The van der Waals surface area contributed by atoms with Crippen LogP contribution in [0.25, 0.3) is 0 Å². The molecule has 15 heavy (non-hydrogen) atoms. The highest BCUT2D eigenvalue weighted by Gasteiger charge is 2.31. The molecule has 0 amide bonds. The monoisotopic (exact) mass is 207 g/mol. The molecule has 2 rings (SSSR count). The quantitative estimate of drug-likeness (QED) is 0.759. The molecule has 1 N–H and O–H groups in total. The Morgan fingerprint density at radius 1 is 1.27 bits per heavy atom. The fourth-order valence-electron chi connectivity index (χ4n) is 2.29. The molecule has 0 unspecified atom stereocenters. The van der Waals surface area contributed by atoms with E-state index in [1.165, 1.54) is 17.1 Å². The van der Waals surface area contributed by atoms with Crippen LogP contribution in [0.1, 0.15) is 37.7 Å². The van der Waals surface area contributed by atoms with Crippen molar-refractivity contribution in [1.29, 1.82) is 0 Å². The molecule has 0 saturated heterocycles. The lowest BCUT2D eigenvalue weighted by Crippen LogP contribution is -2.30. The number of hydrogen-bond donors (Lipinski definition) is 1. The van der Waals surface area contributed by atoms with Gasteiger partial charge in [0.25, 0.3) is 0 Å². The molecule has 1 aliphatic carbocycles. The molecule has 1 aliphatic rings. The van der Waals surface area contributed by atoms with Crippen LogP contribution in [0, 0.1) is 0 Å². The maximum Gasteiger partial charge on any atom is 0.250 e. The van der Waals surface area contributed by atoms with Gasteiger partial charge >= 0.3 is 0 Å². The van der Waals surface area contributed by atoms with Crippen LogP contribution in [0.5, 0.6) is 0 Å². The molecule has 3 nitrogen and oxygen atoms in total. The first-order valence-electron chi connectivity index (χ1n) is 5.51. The summed E-state index contributed by atoms with van der Waals surface area (Å²) in [7, 11) is 1.72. The van der Waals surface area contributed by atoms with Crippen molar-refractivity contribution in [1.82, 2.24) is 4.57 Å². The van der Waals surface area contributed by atoms with Gasteiger partial charge in [-0.2, -0.15) is 0 Å². The summed E-state index contributed by atoms with van der Waals surface area (Å²) in [4.78, 5) is 11.2. The van der Waals surface area contributed by atoms with E-state index in [0.29, 0.717) is 0 Å². The molecule has 0 spiro atoms. The van der Waals surface area contributed by atoms with Gasteiger partial charge in [-0.3, -0.25) is 4.79 Å². The predicted octanol–water partition coefficient (Wildman–Crippen LogP) is 1.54. The van der Waals surface area contributed by atoms with Gasteiger partial charge in [0.2, 0.25) is 5.56 Å². The van der Waals surface area contributed by atoms with Gasteiger partial charge in [0.05, 0.1) is 5.60 Å². The Bertz CT molecular complexity index is 402. The van der Waals surface area contributed by atoms with E-state index in [1.807, 2.05) is 0 Å².